The molecule has 0 atom stereocenters. The predicted octanol–water partition coefficient (Wildman–Crippen LogP) is 2.69. The fourth-order valence-electron chi connectivity index (χ4n) is 2.02. The summed E-state index contributed by atoms with van der Waals surface area (Å²) in [6, 6.07) is 1.98. The van der Waals surface area contributed by atoms with Crippen molar-refractivity contribution in [3.8, 4) is 0 Å². The molecule has 0 saturated carbocycles. The van der Waals surface area contributed by atoms with E-state index in [1.807, 2.05) is 23.2 Å². The van der Waals surface area contributed by atoms with E-state index in [0.717, 1.165) is 47.8 Å². The van der Waals surface area contributed by atoms with E-state index in [1.54, 1.807) is 11.3 Å². The van der Waals surface area contributed by atoms with Crippen LogP contribution in [0, 0.1) is 0 Å². The smallest absolute Gasteiger partial charge is 0.142 e. The van der Waals surface area contributed by atoms with Gasteiger partial charge in [-0.15, -0.1) is 11.3 Å². The Balaban J connectivity index is 1.70. The minimum Gasteiger partial charge on any atom is -0.383 e. The molecular formula is C12H15N3OS2. The van der Waals surface area contributed by atoms with E-state index in [4.69, 9.17) is 10.5 Å². The highest BCUT2D eigenvalue weighted by molar-refractivity contribution is 7.99. The fraction of sp³-hybridized carbons (Fsp3) is 0.500. The molecule has 0 aromatic carbocycles. The lowest BCUT2D eigenvalue weighted by Gasteiger charge is -2.21. The summed E-state index contributed by atoms with van der Waals surface area (Å²) in [5.41, 5.74) is 5.94. The molecule has 6 heteroatoms. The molecule has 2 aromatic heterocycles. The molecule has 1 aliphatic heterocycles. The zero-order valence-corrected chi connectivity index (χ0v) is 11.6. The summed E-state index contributed by atoms with van der Waals surface area (Å²) in [5.74, 6) is 2.28. The number of hydrogen-bond acceptors (Lipinski definition) is 6. The van der Waals surface area contributed by atoms with Gasteiger partial charge in [-0.1, -0.05) is 0 Å². The Bertz CT molecular complexity index is 537. The van der Waals surface area contributed by atoms with E-state index >= 15 is 0 Å². The van der Waals surface area contributed by atoms with Gasteiger partial charge in [0.15, 0.2) is 0 Å². The van der Waals surface area contributed by atoms with Crippen molar-refractivity contribution in [3.63, 3.8) is 0 Å². The van der Waals surface area contributed by atoms with Crippen molar-refractivity contribution in [1.29, 1.82) is 0 Å². The molecule has 0 unspecified atom stereocenters. The lowest BCUT2D eigenvalue weighted by atomic mass is 10.2. The van der Waals surface area contributed by atoms with Crippen molar-refractivity contribution in [3.05, 3.63) is 17.3 Å². The Morgan fingerprint density at radius 3 is 3.06 bits per heavy atom. The average molecular weight is 281 g/mol. The van der Waals surface area contributed by atoms with E-state index < -0.39 is 0 Å². The monoisotopic (exact) mass is 281 g/mol. The number of anilines is 1. The number of nitrogen functional groups attached to an aromatic ring is 1. The van der Waals surface area contributed by atoms with Crippen molar-refractivity contribution in [2.24, 2.45) is 0 Å². The Morgan fingerprint density at radius 2 is 2.22 bits per heavy atom. The molecule has 18 heavy (non-hydrogen) atoms. The summed E-state index contributed by atoms with van der Waals surface area (Å²) in [6.45, 7) is 1.76. The van der Waals surface area contributed by atoms with Crippen LogP contribution in [0.1, 0.15) is 18.7 Å². The molecule has 1 aliphatic rings. The first-order chi connectivity index (χ1) is 8.83. The van der Waals surface area contributed by atoms with E-state index in [9.17, 15) is 0 Å². The molecule has 4 nitrogen and oxygen atoms in total. The van der Waals surface area contributed by atoms with Gasteiger partial charge in [-0.05, 0) is 24.3 Å². The average Bonchev–Trinajstić information content (AvgIpc) is 2.86. The van der Waals surface area contributed by atoms with Crippen LogP contribution in [0.4, 0.5) is 5.82 Å². The first-order valence-corrected chi connectivity index (χ1v) is 7.95. The van der Waals surface area contributed by atoms with Gasteiger partial charge >= 0.3 is 0 Å². The van der Waals surface area contributed by atoms with E-state index in [0.29, 0.717) is 11.1 Å². The second-order valence-corrected chi connectivity index (χ2v) is 6.47. The first kappa shape index (κ1) is 12.2. The summed E-state index contributed by atoms with van der Waals surface area (Å²) in [7, 11) is 0. The Labute approximate surface area is 114 Å². The van der Waals surface area contributed by atoms with Crippen LogP contribution in [0.25, 0.3) is 10.2 Å². The van der Waals surface area contributed by atoms with Crippen LogP contribution in [-0.2, 0) is 10.5 Å². The lowest BCUT2D eigenvalue weighted by molar-refractivity contribution is 0.1000. The predicted molar refractivity (Wildman–Crippen MR) is 77.0 cm³/mol. The van der Waals surface area contributed by atoms with Gasteiger partial charge in [0, 0.05) is 18.5 Å². The van der Waals surface area contributed by atoms with E-state index in [2.05, 4.69) is 9.97 Å². The van der Waals surface area contributed by atoms with Crippen LogP contribution >= 0.6 is 23.1 Å². The molecule has 2 N–H and O–H groups in total. The van der Waals surface area contributed by atoms with Crippen molar-refractivity contribution < 1.29 is 4.74 Å². The van der Waals surface area contributed by atoms with E-state index in [1.165, 1.54) is 0 Å². The number of rotatable bonds is 3. The number of fused-ring (bicyclic) bond motifs is 1. The maximum Gasteiger partial charge on any atom is 0.142 e. The number of thioether (sulfide) groups is 1. The fourth-order valence-corrected chi connectivity index (χ4v) is 3.85. The molecule has 0 radical (unpaired) electrons. The van der Waals surface area contributed by atoms with Crippen LogP contribution in [0.2, 0.25) is 0 Å². The number of nitrogens with two attached hydrogens (primary N) is 1. The largest absolute Gasteiger partial charge is 0.383 e. The van der Waals surface area contributed by atoms with Crippen LogP contribution in [0.3, 0.4) is 0 Å². The second kappa shape index (κ2) is 5.42. The molecule has 0 amide bonds. The summed E-state index contributed by atoms with van der Waals surface area (Å²) in [6.07, 6.45) is 2.25. The van der Waals surface area contributed by atoms with Crippen LogP contribution in [-0.4, -0.2) is 28.4 Å². The second-order valence-electron chi connectivity index (χ2n) is 4.29. The number of thiophene rings is 1. The van der Waals surface area contributed by atoms with Gasteiger partial charge in [0.1, 0.15) is 16.5 Å². The summed E-state index contributed by atoms with van der Waals surface area (Å²) < 4.78 is 5.36. The van der Waals surface area contributed by atoms with E-state index in [-0.39, 0.29) is 0 Å². The van der Waals surface area contributed by atoms with Gasteiger partial charge in [-0.3, -0.25) is 0 Å². The summed E-state index contributed by atoms with van der Waals surface area (Å²) in [5, 5.41) is 3.65. The Hall–Kier alpha value is -0.850. The third kappa shape index (κ3) is 2.60. The maximum atomic E-state index is 5.94. The topological polar surface area (TPSA) is 61.0 Å². The van der Waals surface area contributed by atoms with Crippen molar-refractivity contribution in [2.45, 2.75) is 23.8 Å². The van der Waals surface area contributed by atoms with Crippen molar-refractivity contribution in [2.75, 3.05) is 18.9 Å². The third-order valence-corrected chi connectivity index (χ3v) is 5.19. The van der Waals surface area contributed by atoms with Crippen molar-refractivity contribution in [1.82, 2.24) is 9.97 Å². The lowest BCUT2D eigenvalue weighted by Crippen LogP contribution is -2.17. The highest BCUT2D eigenvalue weighted by Crippen LogP contribution is 2.27. The Morgan fingerprint density at radius 1 is 1.39 bits per heavy atom. The van der Waals surface area contributed by atoms with Gasteiger partial charge < -0.3 is 10.5 Å². The highest BCUT2D eigenvalue weighted by atomic mass is 32.2. The maximum absolute atomic E-state index is 5.94. The number of nitrogens with zero attached hydrogens (tertiary/aromatic N) is 2. The molecule has 1 saturated heterocycles. The molecule has 0 aliphatic carbocycles. The van der Waals surface area contributed by atoms with Crippen LogP contribution < -0.4 is 5.73 Å². The van der Waals surface area contributed by atoms with Gasteiger partial charge in [-0.25, -0.2) is 9.97 Å². The number of hydrogen-bond donors (Lipinski definition) is 1. The highest BCUT2D eigenvalue weighted by Gasteiger charge is 2.15. The quantitative estimate of drug-likeness (QED) is 0.937. The van der Waals surface area contributed by atoms with Crippen LogP contribution in [0.15, 0.2) is 11.4 Å². The van der Waals surface area contributed by atoms with Gasteiger partial charge in [0.05, 0.1) is 11.1 Å². The number of ether oxygens (including phenoxy) is 1. The molecule has 1 fully saturated rings. The zero-order chi connectivity index (χ0) is 12.4. The molecule has 3 rings (SSSR count). The summed E-state index contributed by atoms with van der Waals surface area (Å²) in [4.78, 5) is 9.93. The molecule has 3 heterocycles. The minimum absolute atomic E-state index is 0.601. The molecule has 0 bridgehead atoms. The number of aromatic nitrogens is 2. The normalized spacial score (nSPS) is 17.3. The van der Waals surface area contributed by atoms with Gasteiger partial charge in [-0.2, -0.15) is 11.8 Å². The van der Waals surface area contributed by atoms with Crippen molar-refractivity contribution >= 4 is 39.1 Å². The first-order valence-electron chi connectivity index (χ1n) is 6.02. The SMILES string of the molecule is Nc1nc(CSC2CCOCC2)nc2sccc12. The Kier molecular flexibility index (Phi) is 3.67. The molecular weight excluding hydrogens is 266 g/mol. The van der Waals surface area contributed by atoms with Gasteiger partial charge in [0.2, 0.25) is 0 Å². The summed E-state index contributed by atoms with van der Waals surface area (Å²) >= 11 is 3.53. The zero-order valence-electron chi connectivity index (χ0n) is 9.96. The third-order valence-electron chi connectivity index (χ3n) is 3.02. The molecule has 96 valence electrons. The standard InChI is InChI=1S/C12H15N3OS2/c13-11-9-3-6-17-12(9)15-10(14-11)7-18-8-1-4-16-5-2-8/h3,6,8H,1-2,4-5,7H2,(H2,13,14,15). The minimum atomic E-state index is 0.601. The van der Waals surface area contributed by atoms with Gasteiger partial charge in [0.25, 0.3) is 0 Å². The molecule has 2 aromatic rings. The molecule has 0 spiro atoms. The van der Waals surface area contributed by atoms with Crippen LogP contribution in [0.5, 0.6) is 0 Å².